The van der Waals surface area contributed by atoms with Gasteiger partial charge in [0.2, 0.25) is 5.91 Å². The van der Waals surface area contributed by atoms with Crippen LogP contribution in [0.2, 0.25) is 0 Å². The van der Waals surface area contributed by atoms with Crippen LogP contribution in [-0.2, 0) is 17.8 Å². The molecule has 0 fully saturated rings. The standard InChI is InChI=1S/C18H16FN3OS/c19-16-6-2-1-4-13(16)11-20-17-8-7-14(12-21-17)22-18(23)10-15-5-3-9-24-15/h1-9,12H,10-11H2,(H,20,21)(H,22,23). The number of rotatable bonds is 6. The van der Waals surface area contributed by atoms with Crippen molar-refractivity contribution in [3.63, 3.8) is 0 Å². The summed E-state index contributed by atoms with van der Waals surface area (Å²) in [6.07, 6.45) is 1.93. The van der Waals surface area contributed by atoms with Crippen LogP contribution in [0.15, 0.2) is 60.1 Å². The van der Waals surface area contributed by atoms with Crippen LogP contribution < -0.4 is 10.6 Å². The van der Waals surface area contributed by atoms with Gasteiger partial charge in [0, 0.05) is 17.0 Å². The van der Waals surface area contributed by atoms with Gasteiger partial charge in [-0.2, -0.15) is 0 Å². The zero-order valence-corrected chi connectivity index (χ0v) is 13.6. The number of aromatic nitrogens is 1. The van der Waals surface area contributed by atoms with Crippen LogP contribution in [0.25, 0.3) is 0 Å². The summed E-state index contributed by atoms with van der Waals surface area (Å²) in [5.74, 6) is 0.295. The van der Waals surface area contributed by atoms with Crippen LogP contribution in [0.1, 0.15) is 10.4 Å². The summed E-state index contributed by atoms with van der Waals surface area (Å²) in [5.41, 5.74) is 1.21. The molecule has 0 aliphatic heterocycles. The molecule has 0 atom stereocenters. The highest BCUT2D eigenvalue weighted by Gasteiger charge is 2.06. The fraction of sp³-hybridized carbons (Fsp3) is 0.111. The lowest BCUT2D eigenvalue weighted by Crippen LogP contribution is -2.14. The number of benzene rings is 1. The van der Waals surface area contributed by atoms with E-state index in [2.05, 4.69) is 15.6 Å². The molecular formula is C18H16FN3OS. The molecule has 0 unspecified atom stereocenters. The molecule has 2 aromatic heterocycles. The van der Waals surface area contributed by atoms with Crippen LogP contribution in [0, 0.1) is 5.82 Å². The summed E-state index contributed by atoms with van der Waals surface area (Å²) in [4.78, 5) is 17.2. The van der Waals surface area contributed by atoms with Crippen LogP contribution in [0.3, 0.4) is 0 Å². The lowest BCUT2D eigenvalue weighted by atomic mass is 10.2. The van der Waals surface area contributed by atoms with Gasteiger partial charge in [0.1, 0.15) is 11.6 Å². The summed E-state index contributed by atoms with van der Waals surface area (Å²) in [5, 5.41) is 7.81. The Balaban J connectivity index is 1.53. The van der Waals surface area contributed by atoms with E-state index in [1.165, 1.54) is 6.07 Å². The first kappa shape index (κ1) is 16.1. The van der Waals surface area contributed by atoms with Gasteiger partial charge in [0.25, 0.3) is 0 Å². The number of pyridine rings is 1. The van der Waals surface area contributed by atoms with Crippen LogP contribution in [0.4, 0.5) is 15.9 Å². The van der Waals surface area contributed by atoms with Gasteiger partial charge < -0.3 is 10.6 Å². The molecule has 4 nitrogen and oxygen atoms in total. The Morgan fingerprint density at radius 1 is 1.12 bits per heavy atom. The molecule has 0 spiro atoms. The molecule has 0 saturated heterocycles. The minimum absolute atomic E-state index is 0.0775. The quantitative estimate of drug-likeness (QED) is 0.710. The number of thiophene rings is 1. The molecule has 3 rings (SSSR count). The normalized spacial score (nSPS) is 10.4. The Hall–Kier alpha value is -2.73. The summed E-state index contributed by atoms with van der Waals surface area (Å²) in [6, 6.07) is 14.0. The van der Waals surface area contributed by atoms with Gasteiger partial charge in [-0.3, -0.25) is 4.79 Å². The maximum Gasteiger partial charge on any atom is 0.229 e. The highest BCUT2D eigenvalue weighted by molar-refractivity contribution is 7.10. The average molecular weight is 341 g/mol. The number of carbonyl (C=O) groups excluding carboxylic acids is 1. The lowest BCUT2D eigenvalue weighted by molar-refractivity contribution is -0.115. The number of amides is 1. The van der Waals surface area contributed by atoms with Crippen LogP contribution in [0.5, 0.6) is 0 Å². The van der Waals surface area contributed by atoms with E-state index in [0.717, 1.165) is 4.88 Å². The van der Waals surface area contributed by atoms with E-state index in [4.69, 9.17) is 0 Å². The summed E-state index contributed by atoms with van der Waals surface area (Å²) in [7, 11) is 0. The van der Waals surface area contributed by atoms with Crippen molar-refractivity contribution in [1.82, 2.24) is 4.98 Å². The number of hydrogen-bond donors (Lipinski definition) is 2. The maximum atomic E-state index is 13.5. The van der Waals surface area contributed by atoms with Crippen molar-refractivity contribution in [2.24, 2.45) is 0 Å². The monoisotopic (exact) mass is 341 g/mol. The molecule has 2 heterocycles. The molecule has 0 saturated carbocycles. The second kappa shape index (κ2) is 7.70. The number of carbonyl (C=O) groups is 1. The molecule has 6 heteroatoms. The van der Waals surface area contributed by atoms with Gasteiger partial charge >= 0.3 is 0 Å². The SMILES string of the molecule is O=C(Cc1cccs1)Nc1ccc(NCc2ccccc2F)nc1. The largest absolute Gasteiger partial charge is 0.366 e. The van der Waals surface area contributed by atoms with Crippen LogP contribution >= 0.6 is 11.3 Å². The van der Waals surface area contributed by atoms with Crippen molar-refractivity contribution < 1.29 is 9.18 Å². The minimum atomic E-state index is -0.248. The Bertz CT molecular complexity index is 803. The van der Waals surface area contributed by atoms with Gasteiger partial charge in [-0.15, -0.1) is 11.3 Å². The second-order valence-electron chi connectivity index (χ2n) is 5.18. The van der Waals surface area contributed by atoms with Gasteiger partial charge in [0.05, 0.1) is 18.3 Å². The van der Waals surface area contributed by atoms with Gasteiger partial charge in [-0.05, 0) is 29.6 Å². The van der Waals surface area contributed by atoms with Crippen molar-refractivity contribution in [3.8, 4) is 0 Å². The molecule has 1 amide bonds. The first-order valence-electron chi connectivity index (χ1n) is 7.46. The highest BCUT2D eigenvalue weighted by atomic mass is 32.1. The number of nitrogens with one attached hydrogen (secondary N) is 2. The van der Waals surface area contributed by atoms with Crippen molar-refractivity contribution in [2.45, 2.75) is 13.0 Å². The summed E-state index contributed by atoms with van der Waals surface area (Å²) in [6.45, 7) is 0.351. The highest BCUT2D eigenvalue weighted by Crippen LogP contribution is 2.14. The van der Waals surface area contributed by atoms with Gasteiger partial charge in [0.15, 0.2) is 0 Å². The zero-order valence-electron chi connectivity index (χ0n) is 12.8. The number of halogens is 1. The van der Waals surface area contributed by atoms with Crippen molar-refractivity contribution in [3.05, 3.63) is 76.4 Å². The fourth-order valence-electron chi connectivity index (χ4n) is 2.18. The molecule has 0 aliphatic carbocycles. The molecule has 0 radical (unpaired) electrons. The molecule has 1 aromatic carbocycles. The Kier molecular flexibility index (Phi) is 5.18. The second-order valence-corrected chi connectivity index (χ2v) is 6.21. The van der Waals surface area contributed by atoms with E-state index in [1.807, 2.05) is 17.5 Å². The van der Waals surface area contributed by atoms with E-state index in [9.17, 15) is 9.18 Å². The van der Waals surface area contributed by atoms with E-state index in [1.54, 1.807) is 47.9 Å². The van der Waals surface area contributed by atoms with Gasteiger partial charge in [-0.1, -0.05) is 24.3 Å². The first-order valence-corrected chi connectivity index (χ1v) is 8.34. The molecule has 3 aromatic rings. The number of anilines is 2. The Morgan fingerprint density at radius 3 is 2.71 bits per heavy atom. The average Bonchev–Trinajstić information content (AvgIpc) is 3.08. The molecule has 0 bridgehead atoms. The van der Waals surface area contributed by atoms with E-state index < -0.39 is 0 Å². The molecule has 0 aliphatic rings. The van der Waals surface area contributed by atoms with Crippen molar-refractivity contribution in [2.75, 3.05) is 10.6 Å². The molecular weight excluding hydrogens is 325 g/mol. The Labute approximate surface area is 143 Å². The van der Waals surface area contributed by atoms with Crippen LogP contribution in [-0.4, -0.2) is 10.9 Å². The maximum absolute atomic E-state index is 13.5. The predicted octanol–water partition coefficient (Wildman–Crippen LogP) is 4.08. The number of nitrogens with zero attached hydrogens (tertiary/aromatic N) is 1. The summed E-state index contributed by atoms with van der Waals surface area (Å²) >= 11 is 1.55. The molecule has 2 N–H and O–H groups in total. The first-order chi connectivity index (χ1) is 11.7. The van der Waals surface area contributed by atoms with Crippen molar-refractivity contribution >= 4 is 28.7 Å². The third kappa shape index (κ3) is 4.39. The third-order valence-corrected chi connectivity index (χ3v) is 4.26. The third-order valence-electron chi connectivity index (χ3n) is 3.38. The van der Waals surface area contributed by atoms with E-state index in [0.29, 0.717) is 30.0 Å². The van der Waals surface area contributed by atoms with E-state index in [-0.39, 0.29) is 11.7 Å². The van der Waals surface area contributed by atoms with Crippen molar-refractivity contribution in [1.29, 1.82) is 0 Å². The molecule has 24 heavy (non-hydrogen) atoms. The fourth-order valence-corrected chi connectivity index (χ4v) is 2.88. The topological polar surface area (TPSA) is 54.0 Å². The smallest absolute Gasteiger partial charge is 0.229 e. The zero-order chi connectivity index (χ0) is 16.8. The minimum Gasteiger partial charge on any atom is -0.366 e. The Morgan fingerprint density at radius 2 is 2.00 bits per heavy atom. The molecule has 122 valence electrons. The summed E-state index contributed by atoms with van der Waals surface area (Å²) < 4.78 is 13.5. The number of hydrogen-bond acceptors (Lipinski definition) is 4. The van der Waals surface area contributed by atoms with Gasteiger partial charge in [-0.25, -0.2) is 9.37 Å². The predicted molar refractivity (Wildman–Crippen MR) is 94.6 cm³/mol. The lowest BCUT2D eigenvalue weighted by Gasteiger charge is -2.08. The van der Waals surface area contributed by atoms with E-state index >= 15 is 0 Å².